The van der Waals surface area contributed by atoms with Gasteiger partial charge in [0.2, 0.25) is 33.7 Å². The number of carbonyl (C=O) groups excluding carboxylic acids is 4. The highest BCUT2D eigenvalue weighted by molar-refractivity contribution is 7.89. The van der Waals surface area contributed by atoms with E-state index in [2.05, 4.69) is 10.6 Å². The van der Waals surface area contributed by atoms with Crippen LogP contribution in [0.25, 0.3) is 0 Å². The third-order valence-corrected chi connectivity index (χ3v) is 11.2. The third kappa shape index (κ3) is 8.83. The number of nitro groups is 1. The minimum absolute atomic E-state index is 0.209. The highest BCUT2D eigenvalue weighted by atomic mass is 32.2. The largest absolute Gasteiger partial charge is 0.480 e. The number of nitro benzene ring substituents is 1. The van der Waals surface area contributed by atoms with Crippen LogP contribution in [-0.4, -0.2) is 119 Å². The highest BCUT2D eigenvalue weighted by Gasteiger charge is 2.42. The van der Waals surface area contributed by atoms with Crippen molar-refractivity contribution in [3.05, 3.63) is 46.5 Å². The Kier molecular flexibility index (Phi) is 13.0. The number of aliphatic carboxylic acids is 1. The molecule has 17 nitrogen and oxygen atoms in total. The number of carboxylic acids is 1. The molecule has 3 heterocycles. The number of carbonyl (C=O) groups is 5. The summed E-state index contributed by atoms with van der Waals surface area (Å²) in [5.41, 5.74) is 5.64. The molecule has 0 aliphatic carbocycles. The van der Waals surface area contributed by atoms with E-state index >= 15 is 0 Å². The van der Waals surface area contributed by atoms with Gasteiger partial charge in [0.15, 0.2) is 4.90 Å². The van der Waals surface area contributed by atoms with E-state index in [4.69, 9.17) is 5.73 Å². The number of hydrogen-bond acceptors (Lipinski definition) is 10. The van der Waals surface area contributed by atoms with Gasteiger partial charge < -0.3 is 31.3 Å². The van der Waals surface area contributed by atoms with Crippen molar-refractivity contribution < 1.29 is 42.4 Å². The summed E-state index contributed by atoms with van der Waals surface area (Å²) in [5, 5.41) is 26.9. The maximum absolute atomic E-state index is 13.8. The van der Waals surface area contributed by atoms with Gasteiger partial charge in [-0.1, -0.05) is 44.1 Å². The van der Waals surface area contributed by atoms with Gasteiger partial charge >= 0.3 is 5.97 Å². The van der Waals surface area contributed by atoms with Crippen LogP contribution in [-0.2, 0) is 34.0 Å². The number of para-hydroxylation sites is 1. The number of amides is 4. The molecule has 18 heteroatoms. The fourth-order valence-electron chi connectivity index (χ4n) is 6.55. The SMILES string of the molecule is CCCC[C@@H]1NC(=O)[C@@H]2CCCN2C(=O)[C@@H](N)CCN(S(=O)(=O)c2ccccc2[N+](=O)[O-])C/C=C\C[C@@H](C(=O)O)NC(=O)[C@@H]2CCCN2C1=O. The van der Waals surface area contributed by atoms with Crippen LogP contribution in [0, 0.1) is 10.1 Å². The molecule has 4 rings (SSSR count). The molecule has 1 aromatic rings. The smallest absolute Gasteiger partial charge is 0.326 e. The number of unbranched alkanes of at least 4 members (excludes halogenated alkanes) is 1. The second-order valence-corrected chi connectivity index (χ2v) is 14.6. The van der Waals surface area contributed by atoms with Crippen molar-refractivity contribution in [2.45, 2.75) is 99.8 Å². The summed E-state index contributed by atoms with van der Waals surface area (Å²) in [4.78, 5) is 79.5. The van der Waals surface area contributed by atoms with E-state index < -0.39 is 85.3 Å². The third-order valence-electron chi connectivity index (χ3n) is 9.29. The van der Waals surface area contributed by atoms with Crippen molar-refractivity contribution in [3.63, 3.8) is 0 Å². The molecule has 3 aliphatic rings. The molecular weight excluding hydrogens is 674 g/mol. The van der Waals surface area contributed by atoms with Crippen LogP contribution in [0.5, 0.6) is 0 Å². The zero-order valence-electron chi connectivity index (χ0n) is 27.9. The predicted octanol–water partition coefficient (Wildman–Crippen LogP) is 0.489. The standard InChI is InChI=1S/C32H45N7O10S/c1-2-3-10-22-31(43)38-19-9-14-26(38)29(41)35-23(32(44)45)11-6-7-17-36(50(48,49)27-15-5-4-12-24(27)39(46)47)20-16-21(33)30(42)37-18-8-13-25(37)28(40)34-22/h4-7,12,15,21-23,25-26H,2-3,8-11,13-14,16-20,33H2,1H3,(H,34,40)(H,35,41)(H,44,45)/b7-6-/t21-,22-,23-,25-,26-/m0/s1. The van der Waals surface area contributed by atoms with Crippen LogP contribution < -0.4 is 16.4 Å². The fourth-order valence-corrected chi connectivity index (χ4v) is 8.11. The van der Waals surface area contributed by atoms with E-state index in [1.807, 2.05) is 6.92 Å². The number of nitrogens with one attached hydrogen (secondary N) is 2. The van der Waals surface area contributed by atoms with Crippen molar-refractivity contribution >= 4 is 45.3 Å². The van der Waals surface area contributed by atoms with Gasteiger partial charge in [0.05, 0.1) is 11.0 Å². The first kappa shape index (κ1) is 38.4. The zero-order chi connectivity index (χ0) is 36.6. The molecule has 0 radical (unpaired) electrons. The molecule has 1 aromatic carbocycles. The van der Waals surface area contributed by atoms with Crippen LogP contribution >= 0.6 is 0 Å². The normalized spacial score (nSPS) is 27.2. The molecule has 4 amide bonds. The molecule has 50 heavy (non-hydrogen) atoms. The minimum atomic E-state index is -4.54. The molecule has 0 bridgehead atoms. The van der Waals surface area contributed by atoms with E-state index in [1.165, 1.54) is 34.1 Å². The first-order valence-electron chi connectivity index (χ1n) is 16.9. The lowest BCUT2D eigenvalue weighted by Crippen LogP contribution is -2.58. The number of carboxylic acid groups (broad SMARTS) is 1. The van der Waals surface area contributed by atoms with Gasteiger partial charge in [0.25, 0.3) is 5.69 Å². The van der Waals surface area contributed by atoms with Crippen LogP contribution in [0.15, 0.2) is 41.3 Å². The van der Waals surface area contributed by atoms with Gasteiger partial charge in [0, 0.05) is 32.2 Å². The number of fused-ring (bicyclic) bond motifs is 2. The molecule has 0 saturated carbocycles. The Labute approximate surface area is 290 Å². The monoisotopic (exact) mass is 719 g/mol. The van der Waals surface area contributed by atoms with E-state index in [9.17, 15) is 47.6 Å². The number of nitrogens with two attached hydrogens (primary N) is 1. The van der Waals surface area contributed by atoms with Gasteiger partial charge in [-0.3, -0.25) is 29.3 Å². The van der Waals surface area contributed by atoms with Crippen molar-refractivity contribution in [1.29, 1.82) is 0 Å². The van der Waals surface area contributed by atoms with Crippen LogP contribution in [0.2, 0.25) is 0 Å². The summed E-state index contributed by atoms with van der Waals surface area (Å²) in [6, 6.07) is -0.736. The van der Waals surface area contributed by atoms with Gasteiger partial charge in [-0.15, -0.1) is 0 Å². The number of nitrogens with zero attached hydrogens (tertiary/aromatic N) is 4. The first-order valence-corrected chi connectivity index (χ1v) is 18.3. The molecule has 274 valence electrons. The number of hydrogen-bond donors (Lipinski definition) is 4. The van der Waals surface area contributed by atoms with Crippen molar-refractivity contribution in [2.75, 3.05) is 26.2 Å². The Morgan fingerprint density at radius 3 is 2.20 bits per heavy atom. The lowest BCUT2D eigenvalue weighted by Gasteiger charge is -2.32. The quantitative estimate of drug-likeness (QED) is 0.172. The molecule has 5 N–H and O–H groups in total. The van der Waals surface area contributed by atoms with E-state index in [0.29, 0.717) is 32.1 Å². The number of benzene rings is 1. The zero-order valence-corrected chi connectivity index (χ0v) is 28.8. The summed E-state index contributed by atoms with van der Waals surface area (Å²) >= 11 is 0. The fraction of sp³-hybridized carbons (Fsp3) is 0.594. The predicted molar refractivity (Wildman–Crippen MR) is 179 cm³/mol. The van der Waals surface area contributed by atoms with E-state index in [0.717, 1.165) is 22.9 Å². The Bertz CT molecular complexity index is 1600. The Morgan fingerprint density at radius 2 is 1.58 bits per heavy atom. The van der Waals surface area contributed by atoms with Crippen LogP contribution in [0.4, 0.5) is 5.69 Å². The number of rotatable bonds is 7. The lowest BCUT2D eigenvalue weighted by atomic mass is 10.1. The second-order valence-electron chi connectivity index (χ2n) is 12.7. The van der Waals surface area contributed by atoms with Gasteiger partial charge in [0.1, 0.15) is 24.2 Å². The van der Waals surface area contributed by atoms with Gasteiger partial charge in [-0.05, 0) is 51.0 Å². The lowest BCUT2D eigenvalue weighted by molar-refractivity contribution is -0.387. The van der Waals surface area contributed by atoms with Crippen molar-refractivity contribution in [2.24, 2.45) is 5.73 Å². The molecule has 2 saturated heterocycles. The van der Waals surface area contributed by atoms with Gasteiger partial charge in [-0.25, -0.2) is 13.2 Å². The van der Waals surface area contributed by atoms with E-state index in [1.54, 1.807) is 0 Å². The molecular formula is C32H45N7O10S. The van der Waals surface area contributed by atoms with Crippen LogP contribution in [0.3, 0.4) is 0 Å². The minimum Gasteiger partial charge on any atom is -0.480 e. The Morgan fingerprint density at radius 1 is 0.960 bits per heavy atom. The summed E-state index contributed by atoms with van der Waals surface area (Å²) in [6.45, 7) is 1.67. The Hall–Kier alpha value is -4.42. The molecule has 3 aliphatic heterocycles. The summed E-state index contributed by atoms with van der Waals surface area (Å²) in [6.07, 6.45) is 5.46. The summed E-state index contributed by atoms with van der Waals surface area (Å²) in [5.74, 6) is -3.63. The average Bonchev–Trinajstić information content (AvgIpc) is 3.78. The van der Waals surface area contributed by atoms with Crippen LogP contribution in [0.1, 0.15) is 64.7 Å². The molecule has 0 unspecified atom stereocenters. The number of sulfonamides is 1. The maximum atomic E-state index is 13.8. The average molecular weight is 720 g/mol. The van der Waals surface area contributed by atoms with E-state index in [-0.39, 0.29) is 45.4 Å². The molecule has 2 fully saturated rings. The topological polar surface area (TPSA) is 243 Å². The molecule has 0 aromatic heterocycles. The van der Waals surface area contributed by atoms with Crippen molar-refractivity contribution in [3.8, 4) is 0 Å². The maximum Gasteiger partial charge on any atom is 0.326 e. The first-order chi connectivity index (χ1) is 23.8. The van der Waals surface area contributed by atoms with Gasteiger partial charge in [-0.2, -0.15) is 4.31 Å². The Balaban J connectivity index is 1.70. The summed E-state index contributed by atoms with van der Waals surface area (Å²) in [7, 11) is -4.54. The summed E-state index contributed by atoms with van der Waals surface area (Å²) < 4.78 is 28.5. The molecule has 5 atom stereocenters. The second kappa shape index (κ2) is 17.0. The van der Waals surface area contributed by atoms with Crippen molar-refractivity contribution in [1.82, 2.24) is 24.7 Å². The molecule has 0 spiro atoms. The highest BCUT2D eigenvalue weighted by Crippen LogP contribution is 2.27.